The van der Waals surface area contributed by atoms with Crippen molar-refractivity contribution < 1.29 is 9.47 Å². The van der Waals surface area contributed by atoms with Gasteiger partial charge < -0.3 is 14.8 Å². The Balaban J connectivity index is 1.58. The first-order chi connectivity index (χ1) is 9.14. The molecule has 104 valence electrons. The number of benzene rings is 1. The minimum Gasteiger partial charge on any atom is -0.348 e. The summed E-state index contributed by atoms with van der Waals surface area (Å²) in [6.45, 7) is 5.50. The Labute approximate surface area is 115 Å². The van der Waals surface area contributed by atoms with E-state index in [-0.39, 0.29) is 6.10 Å². The Bertz CT molecular complexity index is 414. The fourth-order valence-corrected chi connectivity index (χ4v) is 2.77. The van der Waals surface area contributed by atoms with Crippen LogP contribution >= 0.6 is 0 Å². The molecule has 2 unspecified atom stereocenters. The highest BCUT2D eigenvalue weighted by atomic mass is 16.7. The number of rotatable bonds is 5. The predicted octanol–water partition coefficient (Wildman–Crippen LogP) is 2.88. The summed E-state index contributed by atoms with van der Waals surface area (Å²) in [7, 11) is 0. The molecular weight excluding hydrogens is 238 g/mol. The van der Waals surface area contributed by atoms with Gasteiger partial charge in [-0.1, -0.05) is 30.3 Å². The molecule has 19 heavy (non-hydrogen) atoms. The van der Waals surface area contributed by atoms with Crippen LogP contribution in [0.5, 0.6) is 0 Å². The Kier molecular flexibility index (Phi) is 3.61. The maximum atomic E-state index is 5.85. The number of ether oxygens (including phenoxy) is 2. The second-order valence-electron chi connectivity index (χ2n) is 6.08. The van der Waals surface area contributed by atoms with Crippen molar-refractivity contribution in [3.8, 4) is 0 Å². The van der Waals surface area contributed by atoms with E-state index >= 15 is 0 Å². The molecule has 2 aliphatic rings. The Hall–Kier alpha value is -0.900. The second-order valence-corrected chi connectivity index (χ2v) is 6.08. The molecule has 0 aromatic heterocycles. The molecule has 1 aliphatic carbocycles. The van der Waals surface area contributed by atoms with Gasteiger partial charge in [0, 0.05) is 12.6 Å². The third-order valence-electron chi connectivity index (χ3n) is 3.88. The van der Waals surface area contributed by atoms with Crippen molar-refractivity contribution in [3.63, 3.8) is 0 Å². The van der Waals surface area contributed by atoms with Crippen LogP contribution in [0.1, 0.15) is 38.3 Å². The summed E-state index contributed by atoms with van der Waals surface area (Å²) in [6, 6.07) is 11.2. The molecule has 1 heterocycles. The van der Waals surface area contributed by atoms with Gasteiger partial charge in [0.15, 0.2) is 5.79 Å². The highest BCUT2D eigenvalue weighted by molar-refractivity contribution is 5.21. The van der Waals surface area contributed by atoms with Crippen LogP contribution in [0.15, 0.2) is 30.3 Å². The summed E-state index contributed by atoms with van der Waals surface area (Å²) < 4.78 is 11.5. The van der Waals surface area contributed by atoms with Crippen LogP contribution < -0.4 is 5.32 Å². The molecule has 1 saturated carbocycles. The average molecular weight is 261 g/mol. The molecule has 0 bridgehead atoms. The van der Waals surface area contributed by atoms with Gasteiger partial charge in [-0.05, 0) is 38.2 Å². The van der Waals surface area contributed by atoms with E-state index in [1.54, 1.807) is 0 Å². The van der Waals surface area contributed by atoms with E-state index in [2.05, 4.69) is 35.6 Å². The quantitative estimate of drug-likeness (QED) is 0.884. The minimum atomic E-state index is -0.422. The van der Waals surface area contributed by atoms with Crippen molar-refractivity contribution in [2.24, 2.45) is 5.92 Å². The first kappa shape index (κ1) is 13.1. The Morgan fingerprint density at radius 3 is 2.58 bits per heavy atom. The molecule has 3 heteroatoms. The van der Waals surface area contributed by atoms with Gasteiger partial charge in [-0.2, -0.15) is 0 Å². The molecular formula is C16H23NO2. The van der Waals surface area contributed by atoms with Gasteiger partial charge in [-0.15, -0.1) is 0 Å². The fourth-order valence-electron chi connectivity index (χ4n) is 2.77. The van der Waals surface area contributed by atoms with Crippen LogP contribution in [0.25, 0.3) is 0 Å². The standard InChI is InChI=1S/C16H23NO2/c1-16(2)18-11-14(19-16)10-17-15(13-8-9-13)12-6-4-3-5-7-12/h3-7,13-15,17H,8-11H2,1-2H3. The molecule has 3 nitrogen and oxygen atoms in total. The monoisotopic (exact) mass is 261 g/mol. The van der Waals surface area contributed by atoms with Gasteiger partial charge in [-0.3, -0.25) is 0 Å². The molecule has 0 amide bonds. The molecule has 0 radical (unpaired) electrons. The SMILES string of the molecule is CC1(C)OCC(CNC(c2ccccc2)C2CC2)O1. The first-order valence-electron chi connectivity index (χ1n) is 7.24. The zero-order chi connectivity index (χ0) is 13.3. The molecule has 1 aromatic carbocycles. The largest absolute Gasteiger partial charge is 0.348 e. The van der Waals surface area contributed by atoms with E-state index in [9.17, 15) is 0 Å². The highest BCUT2D eigenvalue weighted by Gasteiger charge is 2.35. The average Bonchev–Trinajstić information content (AvgIpc) is 3.16. The van der Waals surface area contributed by atoms with Crippen LogP contribution in [0.3, 0.4) is 0 Å². The normalized spacial score (nSPS) is 27.4. The van der Waals surface area contributed by atoms with Crippen LogP contribution in [-0.2, 0) is 9.47 Å². The number of hydrogen-bond acceptors (Lipinski definition) is 3. The Morgan fingerprint density at radius 1 is 1.26 bits per heavy atom. The van der Waals surface area contributed by atoms with Crippen molar-refractivity contribution >= 4 is 0 Å². The van der Waals surface area contributed by atoms with E-state index in [0.29, 0.717) is 12.6 Å². The zero-order valence-corrected chi connectivity index (χ0v) is 11.8. The van der Waals surface area contributed by atoms with E-state index in [1.807, 2.05) is 13.8 Å². The lowest BCUT2D eigenvalue weighted by Crippen LogP contribution is -2.33. The maximum absolute atomic E-state index is 5.85. The molecule has 1 N–H and O–H groups in total. The predicted molar refractivity (Wildman–Crippen MR) is 74.8 cm³/mol. The van der Waals surface area contributed by atoms with E-state index in [1.165, 1.54) is 18.4 Å². The summed E-state index contributed by atoms with van der Waals surface area (Å²) in [5, 5.41) is 3.67. The van der Waals surface area contributed by atoms with E-state index in [4.69, 9.17) is 9.47 Å². The second kappa shape index (κ2) is 5.23. The molecule has 1 aliphatic heterocycles. The van der Waals surface area contributed by atoms with Crippen LogP contribution in [0.2, 0.25) is 0 Å². The molecule has 2 atom stereocenters. The minimum absolute atomic E-state index is 0.167. The van der Waals surface area contributed by atoms with Crippen LogP contribution in [0.4, 0.5) is 0 Å². The lowest BCUT2D eigenvalue weighted by Gasteiger charge is -2.22. The van der Waals surface area contributed by atoms with Crippen molar-refractivity contribution in [2.75, 3.05) is 13.2 Å². The molecule has 0 spiro atoms. The number of nitrogens with one attached hydrogen (secondary N) is 1. The van der Waals surface area contributed by atoms with Crippen molar-refractivity contribution in [1.29, 1.82) is 0 Å². The summed E-state index contributed by atoms with van der Waals surface area (Å²) >= 11 is 0. The van der Waals surface area contributed by atoms with Crippen LogP contribution in [-0.4, -0.2) is 25.0 Å². The molecule has 1 saturated heterocycles. The highest BCUT2D eigenvalue weighted by Crippen LogP contribution is 2.41. The van der Waals surface area contributed by atoms with Crippen molar-refractivity contribution in [1.82, 2.24) is 5.32 Å². The van der Waals surface area contributed by atoms with Gasteiger partial charge in [0.25, 0.3) is 0 Å². The molecule has 1 aromatic rings. The number of hydrogen-bond donors (Lipinski definition) is 1. The third kappa shape index (κ3) is 3.35. The Morgan fingerprint density at radius 2 is 2.00 bits per heavy atom. The van der Waals surface area contributed by atoms with E-state index < -0.39 is 5.79 Å². The summed E-state index contributed by atoms with van der Waals surface area (Å²) in [6.07, 6.45) is 2.83. The summed E-state index contributed by atoms with van der Waals surface area (Å²) in [4.78, 5) is 0. The lowest BCUT2D eigenvalue weighted by molar-refractivity contribution is -0.137. The zero-order valence-electron chi connectivity index (χ0n) is 11.8. The summed E-state index contributed by atoms with van der Waals surface area (Å²) in [5.74, 6) is 0.367. The molecule has 2 fully saturated rings. The maximum Gasteiger partial charge on any atom is 0.163 e. The molecule has 3 rings (SSSR count). The van der Waals surface area contributed by atoms with Gasteiger partial charge >= 0.3 is 0 Å². The first-order valence-corrected chi connectivity index (χ1v) is 7.24. The van der Waals surface area contributed by atoms with Crippen LogP contribution in [0, 0.1) is 5.92 Å². The van der Waals surface area contributed by atoms with Gasteiger partial charge in [0.1, 0.15) is 0 Å². The summed E-state index contributed by atoms with van der Waals surface area (Å²) in [5.41, 5.74) is 1.39. The topological polar surface area (TPSA) is 30.5 Å². The lowest BCUT2D eigenvalue weighted by atomic mass is 10.0. The van der Waals surface area contributed by atoms with E-state index in [0.717, 1.165) is 12.5 Å². The van der Waals surface area contributed by atoms with Gasteiger partial charge in [0.2, 0.25) is 0 Å². The van der Waals surface area contributed by atoms with Crippen molar-refractivity contribution in [3.05, 3.63) is 35.9 Å². The fraction of sp³-hybridized carbons (Fsp3) is 0.625. The third-order valence-corrected chi connectivity index (χ3v) is 3.88. The van der Waals surface area contributed by atoms with Gasteiger partial charge in [0.05, 0.1) is 12.7 Å². The smallest absolute Gasteiger partial charge is 0.163 e. The van der Waals surface area contributed by atoms with Gasteiger partial charge in [-0.25, -0.2) is 0 Å². The van der Waals surface area contributed by atoms with Crippen molar-refractivity contribution in [2.45, 2.75) is 44.6 Å².